The van der Waals surface area contributed by atoms with Crippen LogP contribution in [0.3, 0.4) is 0 Å². The maximum Gasteiger partial charge on any atom is 0.319 e. The van der Waals surface area contributed by atoms with Crippen molar-refractivity contribution in [3.05, 3.63) is 35.5 Å². The Hall–Kier alpha value is -2.75. The van der Waals surface area contributed by atoms with E-state index in [2.05, 4.69) is 22.5 Å². The Bertz CT molecular complexity index is 997. The maximum atomic E-state index is 11.8. The van der Waals surface area contributed by atoms with Gasteiger partial charge in [0.1, 0.15) is 11.4 Å². The van der Waals surface area contributed by atoms with E-state index in [1.54, 1.807) is 6.92 Å². The number of fused-ring (bicyclic) bond motifs is 1. The van der Waals surface area contributed by atoms with Gasteiger partial charge in [0.25, 0.3) is 0 Å². The van der Waals surface area contributed by atoms with Crippen LogP contribution in [0.2, 0.25) is 0 Å². The minimum absolute atomic E-state index is 0.179. The van der Waals surface area contributed by atoms with E-state index in [9.17, 15) is 9.90 Å². The monoisotopic (exact) mass is 455 g/mol. The molecule has 1 unspecified atom stereocenters. The average Bonchev–Trinajstić information content (AvgIpc) is 3.10. The van der Waals surface area contributed by atoms with Crippen LogP contribution in [-0.4, -0.2) is 59.6 Å². The first-order valence-electron chi connectivity index (χ1n) is 11.5. The molecule has 4 rings (SSSR count). The van der Waals surface area contributed by atoms with E-state index in [1.807, 2.05) is 38.1 Å². The third-order valence-electron chi connectivity index (χ3n) is 6.08. The zero-order valence-corrected chi connectivity index (χ0v) is 19.7. The molecule has 2 aromatic rings. The molecule has 3 N–H and O–H groups in total. The number of urea groups is 1. The molecule has 9 nitrogen and oxygen atoms in total. The molecule has 0 spiro atoms. The molecule has 1 aromatic carbocycles. The van der Waals surface area contributed by atoms with Crippen LogP contribution in [0.25, 0.3) is 11.4 Å². The Balaban J connectivity index is 1.73. The second-order valence-electron chi connectivity index (χ2n) is 8.95. The van der Waals surface area contributed by atoms with Gasteiger partial charge < -0.3 is 30.1 Å². The number of ether oxygens (including phenoxy) is 2. The summed E-state index contributed by atoms with van der Waals surface area (Å²) in [5.74, 6) is 1.46. The van der Waals surface area contributed by atoms with Gasteiger partial charge in [-0.2, -0.15) is 0 Å². The van der Waals surface area contributed by atoms with Gasteiger partial charge in [0.2, 0.25) is 0 Å². The van der Waals surface area contributed by atoms with Crippen LogP contribution in [0.5, 0.6) is 0 Å². The number of nitrogens with one attached hydrogen (secondary N) is 2. The van der Waals surface area contributed by atoms with Gasteiger partial charge in [-0.15, -0.1) is 0 Å². The van der Waals surface area contributed by atoms with Crippen LogP contribution in [0, 0.1) is 0 Å². The molecule has 3 heterocycles. The van der Waals surface area contributed by atoms with E-state index in [0.717, 1.165) is 29.2 Å². The minimum Gasteiger partial charge on any atom is -0.393 e. The number of benzene rings is 1. The molecule has 33 heavy (non-hydrogen) atoms. The molecule has 2 aliphatic rings. The van der Waals surface area contributed by atoms with E-state index in [4.69, 9.17) is 19.4 Å². The number of carbonyl (C=O) groups excluding carboxylic acids is 1. The summed E-state index contributed by atoms with van der Waals surface area (Å²) in [4.78, 5) is 24.0. The minimum atomic E-state index is -0.689. The number of aliphatic hydroxyl groups excluding tert-OH is 1. The van der Waals surface area contributed by atoms with Crippen LogP contribution in [0.1, 0.15) is 45.4 Å². The topological polar surface area (TPSA) is 109 Å². The second-order valence-corrected chi connectivity index (χ2v) is 8.95. The van der Waals surface area contributed by atoms with Crippen molar-refractivity contribution in [3.8, 4) is 11.4 Å². The molecule has 178 valence electrons. The Morgan fingerprint density at radius 1 is 1.33 bits per heavy atom. The molecule has 9 heteroatoms. The summed E-state index contributed by atoms with van der Waals surface area (Å²) in [5.41, 5.74) is 2.64. The Kier molecular flexibility index (Phi) is 6.83. The summed E-state index contributed by atoms with van der Waals surface area (Å²) in [5, 5.41) is 15.6. The first-order valence-corrected chi connectivity index (χ1v) is 11.5. The number of morpholine rings is 1. The SMILES string of the molecule is CCNC(=O)Nc1ccc(-c2nc(N3CCOC[C@@H]3C)c3c(n2)[C@](C)(CC(C)O)OC3)cc1. The number of aliphatic hydroxyl groups is 1. The standard InChI is InChI=1S/C24H33N5O4/c1-5-25-23(31)26-18-8-6-17(7-9-18)21-27-20-19(14-33-24(20,4)12-16(3)30)22(28-21)29-10-11-32-13-15(29)2/h6-9,15-16,30H,5,10-14H2,1-4H3,(H2,25,26,31)/t15-,16?,24-/m0/s1. The molecular formula is C24H33N5O4. The number of nitrogens with zero attached hydrogens (tertiary/aromatic N) is 3. The lowest BCUT2D eigenvalue weighted by Crippen LogP contribution is -2.44. The highest BCUT2D eigenvalue weighted by atomic mass is 16.5. The highest BCUT2D eigenvalue weighted by Gasteiger charge is 2.42. The summed E-state index contributed by atoms with van der Waals surface area (Å²) < 4.78 is 11.8. The normalized spacial score (nSPS) is 23.2. The average molecular weight is 456 g/mol. The van der Waals surface area contributed by atoms with Crippen LogP contribution in [0.4, 0.5) is 16.3 Å². The number of hydrogen-bond acceptors (Lipinski definition) is 7. The molecule has 0 radical (unpaired) electrons. The first-order chi connectivity index (χ1) is 15.8. The van der Waals surface area contributed by atoms with Gasteiger partial charge in [-0.3, -0.25) is 0 Å². The van der Waals surface area contributed by atoms with E-state index in [0.29, 0.717) is 44.3 Å². The second kappa shape index (κ2) is 9.62. The number of hydrogen-bond donors (Lipinski definition) is 3. The van der Waals surface area contributed by atoms with Crippen molar-refractivity contribution < 1.29 is 19.4 Å². The Labute approximate surface area is 194 Å². The van der Waals surface area contributed by atoms with Crippen molar-refractivity contribution in [2.75, 3.05) is 36.5 Å². The van der Waals surface area contributed by atoms with E-state index < -0.39 is 11.7 Å². The number of anilines is 2. The third kappa shape index (κ3) is 4.95. The van der Waals surface area contributed by atoms with Crippen molar-refractivity contribution in [1.82, 2.24) is 15.3 Å². The van der Waals surface area contributed by atoms with Crippen molar-refractivity contribution >= 4 is 17.5 Å². The molecule has 0 saturated carbocycles. The van der Waals surface area contributed by atoms with Gasteiger partial charge in [-0.25, -0.2) is 14.8 Å². The smallest absolute Gasteiger partial charge is 0.319 e. The lowest BCUT2D eigenvalue weighted by atomic mass is 9.93. The fourth-order valence-electron chi connectivity index (χ4n) is 4.51. The Morgan fingerprint density at radius 3 is 2.76 bits per heavy atom. The molecule has 1 fully saturated rings. The first kappa shape index (κ1) is 23.4. The quantitative estimate of drug-likeness (QED) is 0.614. The van der Waals surface area contributed by atoms with Crippen molar-refractivity contribution in [2.45, 2.75) is 58.5 Å². The maximum absolute atomic E-state index is 11.8. The predicted octanol–water partition coefficient (Wildman–Crippen LogP) is 3.03. The van der Waals surface area contributed by atoms with E-state index >= 15 is 0 Å². The van der Waals surface area contributed by atoms with Gasteiger partial charge in [-0.1, -0.05) is 0 Å². The fraction of sp³-hybridized carbons (Fsp3) is 0.542. The fourth-order valence-corrected chi connectivity index (χ4v) is 4.51. The van der Waals surface area contributed by atoms with E-state index in [-0.39, 0.29) is 12.1 Å². The van der Waals surface area contributed by atoms with Crippen LogP contribution >= 0.6 is 0 Å². The van der Waals surface area contributed by atoms with Crippen LogP contribution in [-0.2, 0) is 21.7 Å². The van der Waals surface area contributed by atoms with Crippen LogP contribution in [0.15, 0.2) is 24.3 Å². The zero-order valence-electron chi connectivity index (χ0n) is 19.7. The molecular weight excluding hydrogens is 422 g/mol. The van der Waals surface area contributed by atoms with Crippen molar-refractivity contribution in [3.63, 3.8) is 0 Å². The molecule has 3 atom stereocenters. The molecule has 1 saturated heterocycles. The summed E-state index contributed by atoms with van der Waals surface area (Å²) in [6.07, 6.45) is -0.0750. The van der Waals surface area contributed by atoms with E-state index in [1.165, 1.54) is 0 Å². The van der Waals surface area contributed by atoms with Crippen molar-refractivity contribution in [2.24, 2.45) is 0 Å². The van der Waals surface area contributed by atoms with Gasteiger partial charge in [0.15, 0.2) is 5.82 Å². The van der Waals surface area contributed by atoms with Gasteiger partial charge >= 0.3 is 6.03 Å². The summed E-state index contributed by atoms with van der Waals surface area (Å²) >= 11 is 0. The zero-order chi connectivity index (χ0) is 23.6. The summed E-state index contributed by atoms with van der Waals surface area (Å²) in [7, 11) is 0. The summed E-state index contributed by atoms with van der Waals surface area (Å²) in [6, 6.07) is 7.41. The molecule has 2 amide bonds. The van der Waals surface area contributed by atoms with Gasteiger partial charge in [0.05, 0.1) is 37.7 Å². The number of amides is 2. The summed E-state index contributed by atoms with van der Waals surface area (Å²) in [6.45, 7) is 10.7. The molecule has 0 aliphatic carbocycles. The number of aromatic nitrogens is 2. The number of rotatable bonds is 6. The predicted molar refractivity (Wildman–Crippen MR) is 126 cm³/mol. The Morgan fingerprint density at radius 2 is 2.09 bits per heavy atom. The molecule has 2 aliphatic heterocycles. The molecule has 1 aromatic heterocycles. The highest BCUT2D eigenvalue weighted by molar-refractivity contribution is 5.89. The highest BCUT2D eigenvalue weighted by Crippen LogP contribution is 2.43. The van der Waals surface area contributed by atoms with Crippen LogP contribution < -0.4 is 15.5 Å². The lowest BCUT2D eigenvalue weighted by Gasteiger charge is -2.35. The van der Waals surface area contributed by atoms with Crippen molar-refractivity contribution in [1.29, 1.82) is 0 Å². The number of carbonyl (C=O) groups is 1. The third-order valence-corrected chi connectivity index (χ3v) is 6.08. The van der Waals surface area contributed by atoms with Gasteiger partial charge in [0, 0.05) is 36.3 Å². The lowest BCUT2D eigenvalue weighted by molar-refractivity contribution is -0.0547. The van der Waals surface area contributed by atoms with Gasteiger partial charge in [-0.05, 0) is 52.0 Å². The largest absolute Gasteiger partial charge is 0.393 e. The molecule has 0 bridgehead atoms.